The van der Waals surface area contributed by atoms with Crippen LogP contribution >= 0.6 is 0 Å². The molecule has 0 heteroatoms. The van der Waals surface area contributed by atoms with Crippen LogP contribution in [0.3, 0.4) is 0 Å². The van der Waals surface area contributed by atoms with E-state index in [9.17, 15) is 0 Å². The molecule has 0 aliphatic heterocycles. The summed E-state index contributed by atoms with van der Waals surface area (Å²) in [5.74, 6) is 0. The predicted octanol–water partition coefficient (Wildman–Crippen LogP) is 11.3. The average Bonchev–Trinajstić information content (AvgIpc) is 3.03. The van der Waals surface area contributed by atoms with Crippen LogP contribution in [-0.2, 0) is 0 Å². The Hall–Kier alpha value is -5.20. The first-order valence-corrected chi connectivity index (χ1v) is 13.9. The molecule has 0 amide bonds. The fraction of sp³-hybridized carbons (Fsp3) is 0. The summed E-state index contributed by atoms with van der Waals surface area (Å²) in [7, 11) is 0. The molecule has 0 aliphatic rings. The molecule has 0 fully saturated rings. The van der Waals surface area contributed by atoms with Gasteiger partial charge in [0.2, 0.25) is 0 Å². The minimum atomic E-state index is 1.23. The van der Waals surface area contributed by atoms with Gasteiger partial charge in [-0.05, 0) is 82.5 Å². The zero-order valence-corrected chi connectivity index (χ0v) is 22.0. The summed E-state index contributed by atoms with van der Waals surface area (Å²) in [6.07, 6.45) is 0. The number of hydrogen-bond donors (Lipinski definition) is 0. The van der Waals surface area contributed by atoms with E-state index < -0.39 is 0 Å². The van der Waals surface area contributed by atoms with Crippen LogP contribution in [0.1, 0.15) is 0 Å². The molecule has 8 aromatic rings. The topological polar surface area (TPSA) is 0 Å². The number of hydrogen-bond acceptors (Lipinski definition) is 0. The maximum absolute atomic E-state index is 2.33. The smallest absolute Gasteiger partial charge is 0.000764 e. The van der Waals surface area contributed by atoms with Gasteiger partial charge in [0, 0.05) is 0 Å². The molecule has 40 heavy (non-hydrogen) atoms. The van der Waals surface area contributed by atoms with Gasteiger partial charge in [-0.1, -0.05) is 152 Å². The molecular weight excluding hydrogens is 480 g/mol. The van der Waals surface area contributed by atoms with Gasteiger partial charge in [-0.2, -0.15) is 0 Å². The summed E-state index contributed by atoms with van der Waals surface area (Å²) in [6, 6.07) is 57.5. The summed E-state index contributed by atoms with van der Waals surface area (Å²) < 4.78 is 0. The van der Waals surface area contributed by atoms with Gasteiger partial charge in [0.15, 0.2) is 0 Å². The quantitative estimate of drug-likeness (QED) is 0.209. The second-order valence-electron chi connectivity index (χ2n) is 10.4. The van der Waals surface area contributed by atoms with Crippen molar-refractivity contribution < 1.29 is 0 Å². The van der Waals surface area contributed by atoms with Crippen molar-refractivity contribution in [2.75, 3.05) is 0 Å². The fourth-order valence-electron chi connectivity index (χ4n) is 6.55. The number of benzene rings is 8. The van der Waals surface area contributed by atoms with Crippen molar-refractivity contribution in [1.29, 1.82) is 0 Å². The molecule has 0 unspecified atom stereocenters. The van der Waals surface area contributed by atoms with Crippen LogP contribution in [0.2, 0.25) is 0 Å². The summed E-state index contributed by atoms with van der Waals surface area (Å²) in [5, 5.41) is 10.2. The van der Waals surface area contributed by atoms with Crippen LogP contribution in [-0.4, -0.2) is 0 Å². The Labute approximate surface area is 233 Å². The molecule has 8 rings (SSSR count). The van der Waals surface area contributed by atoms with Crippen LogP contribution < -0.4 is 0 Å². The molecule has 0 aromatic heterocycles. The highest BCUT2D eigenvalue weighted by Crippen LogP contribution is 2.49. The van der Waals surface area contributed by atoms with Crippen molar-refractivity contribution in [2.45, 2.75) is 0 Å². The second-order valence-corrected chi connectivity index (χ2v) is 10.4. The molecule has 0 saturated carbocycles. The van der Waals surface area contributed by atoms with Crippen molar-refractivity contribution in [1.82, 2.24) is 0 Å². The lowest BCUT2D eigenvalue weighted by Gasteiger charge is -2.22. The fourth-order valence-corrected chi connectivity index (χ4v) is 6.55. The van der Waals surface area contributed by atoms with Crippen molar-refractivity contribution >= 4 is 43.1 Å². The molecule has 0 aliphatic carbocycles. The lowest BCUT2D eigenvalue weighted by atomic mass is 9.81. The third-order valence-electron chi connectivity index (χ3n) is 8.22. The van der Waals surface area contributed by atoms with E-state index in [1.807, 2.05) is 0 Å². The van der Waals surface area contributed by atoms with Gasteiger partial charge in [0.1, 0.15) is 0 Å². The molecule has 0 atom stereocenters. The molecule has 0 spiro atoms. The van der Waals surface area contributed by atoms with E-state index in [0.717, 1.165) is 0 Å². The Kier molecular flexibility index (Phi) is 5.24. The first-order chi connectivity index (χ1) is 19.9. The van der Waals surface area contributed by atoms with Crippen LogP contribution in [0.4, 0.5) is 0 Å². The molecule has 0 nitrogen and oxygen atoms in total. The van der Waals surface area contributed by atoms with E-state index in [4.69, 9.17) is 0 Å². The normalized spacial score (nSPS) is 11.5. The zero-order valence-electron chi connectivity index (χ0n) is 22.0. The minimum Gasteiger partial charge on any atom is -0.0622 e. The van der Waals surface area contributed by atoms with Crippen molar-refractivity contribution in [3.63, 3.8) is 0 Å². The Morgan fingerprint density at radius 3 is 1.38 bits per heavy atom. The van der Waals surface area contributed by atoms with E-state index in [-0.39, 0.29) is 0 Å². The predicted molar refractivity (Wildman–Crippen MR) is 173 cm³/mol. The highest BCUT2D eigenvalue weighted by Gasteiger charge is 2.22. The van der Waals surface area contributed by atoms with Crippen LogP contribution in [0, 0.1) is 0 Å². The summed E-state index contributed by atoms with van der Waals surface area (Å²) in [5.41, 5.74) is 7.62. The molecule has 0 heterocycles. The zero-order chi connectivity index (χ0) is 26.5. The Morgan fingerprint density at radius 2 is 0.750 bits per heavy atom. The molecule has 0 bridgehead atoms. The van der Waals surface area contributed by atoms with Gasteiger partial charge in [-0.3, -0.25) is 0 Å². The standard InChI is InChI=1S/C40H26/c1-3-14-27(15-4-1)31-24-13-25-36-37(28-16-5-2-6-17-28)34-22-11-12-23-35(34)40(39(31)36)38-32-20-9-7-18-29(32)26-30-19-8-10-21-33(30)38/h1-26H. The number of rotatable bonds is 3. The summed E-state index contributed by atoms with van der Waals surface area (Å²) in [4.78, 5) is 0. The van der Waals surface area contributed by atoms with E-state index >= 15 is 0 Å². The number of fused-ring (bicyclic) bond motifs is 4. The van der Waals surface area contributed by atoms with Crippen LogP contribution in [0.25, 0.3) is 76.5 Å². The summed E-state index contributed by atoms with van der Waals surface area (Å²) in [6.45, 7) is 0. The third kappa shape index (κ3) is 3.47. The van der Waals surface area contributed by atoms with E-state index in [0.29, 0.717) is 0 Å². The maximum atomic E-state index is 2.33. The molecule has 0 N–H and O–H groups in total. The first-order valence-electron chi connectivity index (χ1n) is 13.9. The monoisotopic (exact) mass is 506 g/mol. The van der Waals surface area contributed by atoms with Gasteiger partial charge in [-0.25, -0.2) is 0 Å². The molecule has 186 valence electrons. The SMILES string of the molecule is c1ccc(-c2c3ccccc3c(-c3c4ccccc4cc4ccccc34)c3c(-c4ccccc4)cccc23)cc1. The highest BCUT2D eigenvalue weighted by molar-refractivity contribution is 6.29. The van der Waals surface area contributed by atoms with E-state index in [1.54, 1.807) is 0 Å². The van der Waals surface area contributed by atoms with E-state index in [2.05, 4.69) is 158 Å². The van der Waals surface area contributed by atoms with Crippen LogP contribution in [0.15, 0.2) is 158 Å². The van der Waals surface area contributed by atoms with E-state index in [1.165, 1.54) is 76.5 Å². The Morgan fingerprint density at radius 1 is 0.275 bits per heavy atom. The summed E-state index contributed by atoms with van der Waals surface area (Å²) >= 11 is 0. The van der Waals surface area contributed by atoms with Crippen molar-refractivity contribution in [2.24, 2.45) is 0 Å². The minimum absolute atomic E-state index is 1.23. The first kappa shape index (κ1) is 22.8. The molecular formula is C40H26. The molecule has 8 aromatic carbocycles. The maximum Gasteiger partial charge on any atom is -0.000764 e. The van der Waals surface area contributed by atoms with Crippen molar-refractivity contribution in [3.05, 3.63) is 158 Å². The molecule has 0 saturated heterocycles. The largest absolute Gasteiger partial charge is 0.0622 e. The van der Waals surface area contributed by atoms with Gasteiger partial charge in [0.05, 0.1) is 0 Å². The second kappa shape index (κ2) is 9.22. The van der Waals surface area contributed by atoms with Gasteiger partial charge < -0.3 is 0 Å². The van der Waals surface area contributed by atoms with Crippen LogP contribution in [0.5, 0.6) is 0 Å². The lowest BCUT2D eigenvalue weighted by Crippen LogP contribution is -1.94. The highest BCUT2D eigenvalue weighted by atomic mass is 14.2. The Balaban J connectivity index is 1.69. The van der Waals surface area contributed by atoms with Gasteiger partial charge in [0.25, 0.3) is 0 Å². The lowest BCUT2D eigenvalue weighted by molar-refractivity contribution is 1.64. The molecule has 0 radical (unpaired) electrons. The van der Waals surface area contributed by atoms with Gasteiger partial charge >= 0.3 is 0 Å². The Bertz CT molecular complexity index is 2130. The average molecular weight is 507 g/mol. The third-order valence-corrected chi connectivity index (χ3v) is 8.22. The van der Waals surface area contributed by atoms with Crippen molar-refractivity contribution in [3.8, 4) is 33.4 Å². The van der Waals surface area contributed by atoms with Gasteiger partial charge in [-0.15, -0.1) is 0 Å².